The van der Waals surface area contributed by atoms with Crippen molar-refractivity contribution in [1.82, 2.24) is 4.90 Å². The summed E-state index contributed by atoms with van der Waals surface area (Å²) in [6, 6.07) is 9.90. The second kappa shape index (κ2) is 8.63. The average molecular weight is 426 g/mol. The molecule has 1 fully saturated rings. The summed E-state index contributed by atoms with van der Waals surface area (Å²) in [5.41, 5.74) is 7.40. The summed E-state index contributed by atoms with van der Waals surface area (Å²) >= 11 is 6.09. The van der Waals surface area contributed by atoms with Crippen molar-refractivity contribution in [3.63, 3.8) is 0 Å². The second-order valence-electron chi connectivity index (χ2n) is 7.21. The molecule has 0 bridgehead atoms. The van der Waals surface area contributed by atoms with Gasteiger partial charge in [0, 0.05) is 36.9 Å². The van der Waals surface area contributed by atoms with Crippen molar-refractivity contribution in [2.24, 2.45) is 5.73 Å². The molecule has 1 aliphatic rings. The Labute approximate surface area is 173 Å². The molecule has 156 valence electrons. The molecule has 8 heteroatoms. The quantitative estimate of drug-likeness (QED) is 0.808. The molecule has 0 saturated carbocycles. The zero-order valence-electron chi connectivity index (χ0n) is 16.0. The molecule has 1 unspecified atom stereocenters. The lowest BCUT2D eigenvalue weighted by Crippen LogP contribution is -2.53. The van der Waals surface area contributed by atoms with Gasteiger partial charge in [0.15, 0.2) is 0 Å². The monoisotopic (exact) mass is 425 g/mol. The van der Waals surface area contributed by atoms with Crippen LogP contribution in [0.2, 0.25) is 5.02 Å². The van der Waals surface area contributed by atoms with Crippen LogP contribution in [0.15, 0.2) is 42.5 Å². The molecule has 1 atom stereocenters. The first kappa shape index (κ1) is 21.5. The number of anilines is 1. The maximum Gasteiger partial charge on any atom is 0.416 e. The summed E-state index contributed by atoms with van der Waals surface area (Å²) in [7, 11) is 0. The van der Waals surface area contributed by atoms with Gasteiger partial charge in [0.1, 0.15) is 0 Å². The van der Waals surface area contributed by atoms with Crippen LogP contribution in [0.5, 0.6) is 0 Å². The highest BCUT2D eigenvalue weighted by Crippen LogP contribution is 2.32. The first-order valence-electron chi connectivity index (χ1n) is 9.37. The highest BCUT2D eigenvalue weighted by Gasteiger charge is 2.34. The maximum atomic E-state index is 13.2. The average Bonchev–Trinajstić information content (AvgIpc) is 2.69. The highest BCUT2D eigenvalue weighted by molar-refractivity contribution is 6.30. The van der Waals surface area contributed by atoms with Crippen molar-refractivity contribution in [2.75, 3.05) is 31.1 Å². The van der Waals surface area contributed by atoms with E-state index in [1.165, 1.54) is 18.2 Å². The number of alkyl halides is 3. The summed E-state index contributed by atoms with van der Waals surface area (Å²) in [6.07, 6.45) is -4.62. The molecule has 1 amide bonds. The van der Waals surface area contributed by atoms with E-state index in [9.17, 15) is 18.0 Å². The number of amides is 1. The molecule has 1 saturated heterocycles. The third kappa shape index (κ3) is 5.03. The molecule has 29 heavy (non-hydrogen) atoms. The highest BCUT2D eigenvalue weighted by atomic mass is 35.5. The Kier molecular flexibility index (Phi) is 6.39. The van der Waals surface area contributed by atoms with Crippen molar-refractivity contribution in [3.05, 3.63) is 64.2 Å². The molecule has 2 aromatic rings. The number of nitrogens with two attached hydrogens (primary N) is 1. The number of nitrogens with zero attached hydrogens (tertiary/aromatic N) is 2. The van der Waals surface area contributed by atoms with E-state index in [0.717, 1.165) is 17.3 Å². The Morgan fingerprint density at radius 3 is 2.45 bits per heavy atom. The van der Waals surface area contributed by atoms with Crippen LogP contribution in [0.1, 0.15) is 16.7 Å². The maximum absolute atomic E-state index is 13.2. The minimum Gasteiger partial charge on any atom is -0.368 e. The Morgan fingerprint density at radius 2 is 1.79 bits per heavy atom. The van der Waals surface area contributed by atoms with E-state index >= 15 is 0 Å². The van der Waals surface area contributed by atoms with Crippen LogP contribution in [0.4, 0.5) is 18.9 Å². The van der Waals surface area contributed by atoms with Gasteiger partial charge in [0.25, 0.3) is 0 Å². The summed E-state index contributed by atoms with van der Waals surface area (Å²) < 4.78 is 39.5. The van der Waals surface area contributed by atoms with Crippen LogP contribution >= 0.6 is 11.6 Å². The molecule has 0 radical (unpaired) electrons. The molecular formula is C21H23ClF3N3O. The standard InChI is InChI=1S/C21H23ClF3N3O/c1-14-6-7-16(22)13-19(14)27-8-10-28(11-9-27)20(29)18(26)12-15-4-2-3-5-17(15)21(23,24)25/h2-7,13,18H,8-12,26H2,1H3. The van der Waals surface area contributed by atoms with Gasteiger partial charge in [0.2, 0.25) is 5.91 Å². The van der Waals surface area contributed by atoms with E-state index in [1.807, 2.05) is 25.1 Å². The Bertz CT molecular complexity index is 880. The van der Waals surface area contributed by atoms with Gasteiger partial charge in [-0.15, -0.1) is 0 Å². The van der Waals surface area contributed by atoms with Crippen LogP contribution in [0.3, 0.4) is 0 Å². The minimum atomic E-state index is -4.47. The molecule has 0 aliphatic carbocycles. The lowest BCUT2D eigenvalue weighted by molar-refractivity contribution is -0.139. The third-order valence-electron chi connectivity index (χ3n) is 5.18. The lowest BCUT2D eigenvalue weighted by atomic mass is 9.99. The lowest BCUT2D eigenvalue weighted by Gasteiger charge is -2.37. The number of benzene rings is 2. The van der Waals surface area contributed by atoms with Crippen LogP contribution in [0.25, 0.3) is 0 Å². The number of aryl methyl sites for hydroxylation is 1. The number of halogens is 4. The van der Waals surface area contributed by atoms with Gasteiger partial charge in [-0.2, -0.15) is 13.2 Å². The fourth-order valence-corrected chi connectivity index (χ4v) is 3.79. The smallest absolute Gasteiger partial charge is 0.368 e. The van der Waals surface area contributed by atoms with Gasteiger partial charge in [-0.05, 0) is 42.7 Å². The van der Waals surface area contributed by atoms with Crippen molar-refractivity contribution in [3.8, 4) is 0 Å². The van der Waals surface area contributed by atoms with Gasteiger partial charge in [-0.25, -0.2) is 0 Å². The van der Waals surface area contributed by atoms with Crippen molar-refractivity contribution < 1.29 is 18.0 Å². The number of hydrogen-bond acceptors (Lipinski definition) is 3. The van der Waals surface area contributed by atoms with Crippen LogP contribution in [0, 0.1) is 6.92 Å². The van der Waals surface area contributed by atoms with Crippen LogP contribution in [-0.4, -0.2) is 43.0 Å². The van der Waals surface area contributed by atoms with Gasteiger partial charge in [-0.1, -0.05) is 35.9 Å². The van der Waals surface area contributed by atoms with E-state index in [4.69, 9.17) is 17.3 Å². The van der Waals surface area contributed by atoms with Crippen LogP contribution in [-0.2, 0) is 17.4 Å². The molecule has 2 aromatic carbocycles. The van der Waals surface area contributed by atoms with E-state index < -0.39 is 17.8 Å². The minimum absolute atomic E-state index is 0.0361. The number of piperazine rings is 1. The summed E-state index contributed by atoms with van der Waals surface area (Å²) in [5, 5.41) is 0.648. The van der Waals surface area contributed by atoms with Crippen molar-refractivity contribution in [1.29, 1.82) is 0 Å². The van der Waals surface area contributed by atoms with Crippen molar-refractivity contribution >= 4 is 23.2 Å². The Hall–Kier alpha value is -2.25. The van der Waals surface area contributed by atoms with Gasteiger partial charge in [-0.3, -0.25) is 4.79 Å². The molecule has 4 nitrogen and oxygen atoms in total. The fourth-order valence-electron chi connectivity index (χ4n) is 3.62. The van der Waals surface area contributed by atoms with Crippen molar-refractivity contribution in [2.45, 2.75) is 25.6 Å². The molecule has 1 aliphatic heterocycles. The van der Waals surface area contributed by atoms with E-state index in [2.05, 4.69) is 4.90 Å². The van der Waals surface area contributed by atoms with Gasteiger partial charge < -0.3 is 15.5 Å². The number of hydrogen-bond donors (Lipinski definition) is 1. The molecule has 0 spiro atoms. The molecule has 3 rings (SSSR count). The van der Waals surface area contributed by atoms with E-state index in [-0.39, 0.29) is 17.9 Å². The summed E-state index contributed by atoms with van der Waals surface area (Å²) in [6.45, 7) is 4.13. The second-order valence-corrected chi connectivity index (χ2v) is 7.65. The van der Waals surface area contributed by atoms with E-state index in [1.54, 1.807) is 4.90 Å². The van der Waals surface area contributed by atoms with Gasteiger partial charge in [0.05, 0.1) is 11.6 Å². The van der Waals surface area contributed by atoms with Crippen LogP contribution < -0.4 is 10.6 Å². The molecular weight excluding hydrogens is 403 g/mol. The first-order chi connectivity index (χ1) is 13.7. The number of rotatable bonds is 4. The fraction of sp³-hybridized carbons (Fsp3) is 0.381. The number of carbonyl (C=O) groups is 1. The molecule has 2 N–H and O–H groups in total. The predicted molar refractivity (Wildman–Crippen MR) is 108 cm³/mol. The number of carbonyl (C=O) groups excluding carboxylic acids is 1. The topological polar surface area (TPSA) is 49.6 Å². The zero-order valence-corrected chi connectivity index (χ0v) is 16.8. The normalized spacial score (nSPS) is 16.1. The zero-order chi connectivity index (χ0) is 21.2. The van der Waals surface area contributed by atoms with Gasteiger partial charge >= 0.3 is 6.18 Å². The largest absolute Gasteiger partial charge is 0.416 e. The van der Waals surface area contributed by atoms with E-state index in [0.29, 0.717) is 31.2 Å². The summed E-state index contributed by atoms with van der Waals surface area (Å²) in [5.74, 6) is -0.329. The Morgan fingerprint density at radius 1 is 1.14 bits per heavy atom. The first-order valence-corrected chi connectivity index (χ1v) is 9.75. The molecule has 1 heterocycles. The third-order valence-corrected chi connectivity index (χ3v) is 5.42. The molecule has 0 aromatic heterocycles. The Balaban J connectivity index is 1.63. The SMILES string of the molecule is Cc1ccc(Cl)cc1N1CCN(C(=O)C(N)Cc2ccccc2C(F)(F)F)CC1. The predicted octanol–water partition coefficient (Wildman–Crippen LogP) is 3.89. The summed E-state index contributed by atoms with van der Waals surface area (Å²) in [4.78, 5) is 16.5.